The van der Waals surface area contributed by atoms with Crippen molar-refractivity contribution in [2.75, 3.05) is 12.3 Å². The Labute approximate surface area is 101 Å². The molecule has 18 heavy (non-hydrogen) atoms. The summed E-state index contributed by atoms with van der Waals surface area (Å²) in [6.45, 7) is 1.79. The van der Waals surface area contributed by atoms with Gasteiger partial charge in [0.25, 0.3) is 0 Å². The van der Waals surface area contributed by atoms with E-state index in [0.717, 1.165) is 24.3 Å². The number of alkyl halides is 3. The van der Waals surface area contributed by atoms with E-state index >= 15 is 0 Å². The SMILES string of the molecule is CCOC(=O)C=Cc1nc(C(F)(F)F)ccc1N. The summed E-state index contributed by atoms with van der Waals surface area (Å²) < 4.78 is 41.8. The van der Waals surface area contributed by atoms with Crippen LogP contribution in [0.3, 0.4) is 0 Å². The monoisotopic (exact) mass is 260 g/mol. The molecule has 0 fully saturated rings. The van der Waals surface area contributed by atoms with Gasteiger partial charge in [0.15, 0.2) is 0 Å². The predicted octanol–water partition coefficient (Wildman–Crippen LogP) is 2.26. The van der Waals surface area contributed by atoms with Gasteiger partial charge in [0, 0.05) is 6.08 Å². The van der Waals surface area contributed by atoms with Crippen LogP contribution in [0.4, 0.5) is 18.9 Å². The molecule has 1 rings (SSSR count). The van der Waals surface area contributed by atoms with E-state index in [9.17, 15) is 18.0 Å². The zero-order chi connectivity index (χ0) is 13.8. The lowest BCUT2D eigenvalue weighted by Crippen LogP contribution is -2.09. The summed E-state index contributed by atoms with van der Waals surface area (Å²) in [7, 11) is 0. The van der Waals surface area contributed by atoms with Crippen LogP contribution in [0.15, 0.2) is 18.2 Å². The molecule has 0 saturated heterocycles. The number of carbonyl (C=O) groups is 1. The number of anilines is 1. The van der Waals surface area contributed by atoms with Crippen molar-refractivity contribution in [1.82, 2.24) is 4.98 Å². The highest BCUT2D eigenvalue weighted by Gasteiger charge is 2.32. The Bertz CT molecular complexity index is 470. The van der Waals surface area contributed by atoms with Crippen LogP contribution < -0.4 is 5.73 Å². The van der Waals surface area contributed by atoms with E-state index in [4.69, 9.17) is 5.73 Å². The zero-order valence-corrected chi connectivity index (χ0v) is 9.49. The van der Waals surface area contributed by atoms with Crippen molar-refractivity contribution >= 4 is 17.7 Å². The van der Waals surface area contributed by atoms with Gasteiger partial charge >= 0.3 is 12.1 Å². The number of nitrogen functional groups attached to an aromatic ring is 1. The van der Waals surface area contributed by atoms with Gasteiger partial charge in [-0.2, -0.15) is 13.2 Å². The molecule has 0 bridgehead atoms. The van der Waals surface area contributed by atoms with Gasteiger partial charge in [-0.05, 0) is 25.1 Å². The predicted molar refractivity (Wildman–Crippen MR) is 59.3 cm³/mol. The number of ether oxygens (including phenoxy) is 1. The summed E-state index contributed by atoms with van der Waals surface area (Å²) in [5, 5.41) is 0. The molecule has 0 aliphatic carbocycles. The molecule has 0 spiro atoms. The van der Waals surface area contributed by atoms with Crippen molar-refractivity contribution in [3.8, 4) is 0 Å². The molecule has 1 aromatic heterocycles. The van der Waals surface area contributed by atoms with Crippen LogP contribution in [0.5, 0.6) is 0 Å². The molecule has 0 aliphatic heterocycles. The minimum Gasteiger partial charge on any atom is -0.463 e. The van der Waals surface area contributed by atoms with Crippen molar-refractivity contribution in [1.29, 1.82) is 0 Å². The largest absolute Gasteiger partial charge is 0.463 e. The quantitative estimate of drug-likeness (QED) is 0.668. The summed E-state index contributed by atoms with van der Waals surface area (Å²) in [6, 6.07) is 1.86. The summed E-state index contributed by atoms with van der Waals surface area (Å²) in [5.41, 5.74) is 4.31. The molecule has 0 aromatic carbocycles. The maximum Gasteiger partial charge on any atom is 0.433 e. The first-order valence-electron chi connectivity index (χ1n) is 5.03. The third kappa shape index (κ3) is 3.76. The summed E-state index contributed by atoms with van der Waals surface area (Å²) in [5.74, 6) is -0.670. The Morgan fingerprint density at radius 2 is 2.17 bits per heavy atom. The van der Waals surface area contributed by atoms with Gasteiger partial charge in [0.05, 0.1) is 18.0 Å². The molecule has 0 unspecified atom stereocenters. The number of aromatic nitrogens is 1. The lowest BCUT2D eigenvalue weighted by molar-refractivity contribution is -0.141. The van der Waals surface area contributed by atoms with E-state index < -0.39 is 17.8 Å². The van der Waals surface area contributed by atoms with Crippen molar-refractivity contribution in [3.05, 3.63) is 29.6 Å². The number of nitrogens with zero attached hydrogens (tertiary/aromatic N) is 1. The van der Waals surface area contributed by atoms with Crippen molar-refractivity contribution in [2.24, 2.45) is 0 Å². The summed E-state index contributed by atoms with van der Waals surface area (Å²) >= 11 is 0. The van der Waals surface area contributed by atoms with Gasteiger partial charge < -0.3 is 10.5 Å². The summed E-state index contributed by atoms with van der Waals surface area (Å²) in [4.78, 5) is 14.3. The molecule has 0 radical (unpaired) electrons. The number of pyridine rings is 1. The van der Waals surface area contributed by atoms with Gasteiger partial charge in [-0.1, -0.05) is 0 Å². The van der Waals surface area contributed by atoms with E-state index in [1.54, 1.807) is 6.92 Å². The first-order chi connectivity index (χ1) is 8.34. The fourth-order valence-corrected chi connectivity index (χ4v) is 1.11. The van der Waals surface area contributed by atoms with Crippen molar-refractivity contribution < 1.29 is 22.7 Å². The molecule has 0 aliphatic rings. The van der Waals surface area contributed by atoms with Crippen LogP contribution in [-0.2, 0) is 15.7 Å². The minimum absolute atomic E-state index is 0.0450. The molecular formula is C11H11F3N2O2. The number of hydrogen-bond acceptors (Lipinski definition) is 4. The van der Waals surface area contributed by atoms with Crippen molar-refractivity contribution in [3.63, 3.8) is 0 Å². The molecule has 2 N–H and O–H groups in total. The van der Waals surface area contributed by atoms with Gasteiger partial charge in [0.1, 0.15) is 5.69 Å². The average Bonchev–Trinajstić information content (AvgIpc) is 2.26. The van der Waals surface area contributed by atoms with Crippen LogP contribution in [0.2, 0.25) is 0 Å². The number of halogens is 3. The first-order valence-corrected chi connectivity index (χ1v) is 5.03. The number of hydrogen-bond donors (Lipinski definition) is 1. The lowest BCUT2D eigenvalue weighted by atomic mass is 10.2. The number of carbonyl (C=O) groups excluding carboxylic acids is 1. The molecule has 0 saturated carbocycles. The lowest BCUT2D eigenvalue weighted by Gasteiger charge is -2.07. The second-order valence-corrected chi connectivity index (χ2v) is 3.25. The molecule has 4 nitrogen and oxygen atoms in total. The Morgan fingerprint density at radius 3 is 2.72 bits per heavy atom. The van der Waals surface area contributed by atoms with Gasteiger partial charge in [-0.15, -0.1) is 0 Å². The van der Waals surface area contributed by atoms with Gasteiger partial charge in [-0.3, -0.25) is 0 Å². The van der Waals surface area contributed by atoms with Crippen LogP contribution in [0.25, 0.3) is 6.08 Å². The Kier molecular flexibility index (Phi) is 4.30. The molecule has 0 amide bonds. The zero-order valence-electron chi connectivity index (χ0n) is 9.49. The fraction of sp³-hybridized carbons (Fsp3) is 0.273. The van der Waals surface area contributed by atoms with E-state index in [1.165, 1.54) is 0 Å². The standard InChI is InChI=1S/C11H11F3N2O2/c1-2-18-10(17)6-4-8-7(15)3-5-9(16-8)11(12,13)14/h3-6H,2,15H2,1H3. The third-order valence-corrected chi connectivity index (χ3v) is 1.91. The van der Waals surface area contributed by atoms with Crippen LogP contribution in [0.1, 0.15) is 18.3 Å². The van der Waals surface area contributed by atoms with Crippen LogP contribution in [-0.4, -0.2) is 17.6 Å². The number of nitrogens with two attached hydrogens (primary N) is 1. The van der Waals surface area contributed by atoms with E-state index in [2.05, 4.69) is 9.72 Å². The highest BCUT2D eigenvalue weighted by atomic mass is 19.4. The summed E-state index contributed by atoms with van der Waals surface area (Å²) in [6.07, 6.45) is -2.49. The highest BCUT2D eigenvalue weighted by molar-refractivity contribution is 5.87. The Morgan fingerprint density at radius 1 is 1.50 bits per heavy atom. The average molecular weight is 260 g/mol. The van der Waals surface area contributed by atoms with E-state index in [0.29, 0.717) is 0 Å². The van der Waals surface area contributed by atoms with Gasteiger partial charge in [0.2, 0.25) is 0 Å². The second kappa shape index (κ2) is 5.52. The molecular weight excluding hydrogens is 249 g/mol. The molecule has 7 heteroatoms. The second-order valence-electron chi connectivity index (χ2n) is 3.25. The smallest absolute Gasteiger partial charge is 0.433 e. The van der Waals surface area contributed by atoms with Crippen molar-refractivity contribution in [2.45, 2.75) is 13.1 Å². The molecule has 0 atom stereocenters. The van der Waals surface area contributed by atoms with Crippen LogP contribution in [0, 0.1) is 0 Å². The topological polar surface area (TPSA) is 65.2 Å². The number of rotatable bonds is 3. The minimum atomic E-state index is -4.56. The normalized spacial score (nSPS) is 11.8. The molecule has 1 aromatic rings. The van der Waals surface area contributed by atoms with Crippen LogP contribution >= 0.6 is 0 Å². The van der Waals surface area contributed by atoms with Gasteiger partial charge in [-0.25, -0.2) is 9.78 Å². The number of esters is 1. The fourth-order valence-electron chi connectivity index (χ4n) is 1.11. The van der Waals surface area contributed by atoms with E-state index in [-0.39, 0.29) is 18.0 Å². The Hall–Kier alpha value is -2.05. The van der Waals surface area contributed by atoms with E-state index in [1.807, 2.05) is 0 Å². The molecule has 1 heterocycles. The molecule has 98 valence electrons. The third-order valence-electron chi connectivity index (χ3n) is 1.91. The maximum absolute atomic E-state index is 12.4. The maximum atomic E-state index is 12.4. The Balaban J connectivity index is 2.98. The first kappa shape index (κ1) is 14.0. The highest BCUT2D eigenvalue weighted by Crippen LogP contribution is 2.28.